The molecule has 1 spiro atoms. The van der Waals surface area contributed by atoms with Crippen LogP contribution >= 0.6 is 0 Å². The van der Waals surface area contributed by atoms with E-state index in [9.17, 15) is 4.79 Å². The zero-order valence-electron chi connectivity index (χ0n) is 15.1. The van der Waals surface area contributed by atoms with Crippen molar-refractivity contribution in [2.45, 2.75) is 31.8 Å². The smallest absolute Gasteiger partial charge is 0.226 e. The van der Waals surface area contributed by atoms with Gasteiger partial charge in [0.05, 0.1) is 6.54 Å². The minimum atomic E-state index is 0.0521. The predicted octanol–water partition coefficient (Wildman–Crippen LogP) is 1.94. The van der Waals surface area contributed by atoms with E-state index in [0.717, 1.165) is 57.0 Å². The molecule has 1 amide bonds. The number of carbonyl (C=O) groups is 1. The van der Waals surface area contributed by atoms with Crippen molar-refractivity contribution in [2.24, 2.45) is 11.3 Å². The summed E-state index contributed by atoms with van der Waals surface area (Å²) in [7, 11) is 3.92. The fourth-order valence-electron chi connectivity index (χ4n) is 4.26. The van der Waals surface area contributed by atoms with Crippen molar-refractivity contribution < 1.29 is 14.3 Å². The van der Waals surface area contributed by atoms with Crippen molar-refractivity contribution in [1.82, 2.24) is 9.88 Å². The second-order valence-electron chi connectivity index (χ2n) is 7.76. The molecule has 136 valence electrons. The number of aromatic nitrogens is 1. The molecule has 1 aromatic heterocycles. The third-order valence-corrected chi connectivity index (χ3v) is 5.90. The van der Waals surface area contributed by atoms with Gasteiger partial charge >= 0.3 is 0 Å². The van der Waals surface area contributed by atoms with E-state index >= 15 is 0 Å². The summed E-state index contributed by atoms with van der Waals surface area (Å²) in [5, 5.41) is 0. The van der Waals surface area contributed by atoms with Gasteiger partial charge in [0, 0.05) is 52.4 Å². The van der Waals surface area contributed by atoms with Crippen LogP contribution in [-0.2, 0) is 9.53 Å². The van der Waals surface area contributed by atoms with E-state index in [2.05, 4.69) is 4.98 Å². The van der Waals surface area contributed by atoms with Gasteiger partial charge in [-0.3, -0.25) is 4.79 Å². The molecule has 0 aromatic carbocycles. The normalized spacial score (nSPS) is 27.4. The highest BCUT2D eigenvalue weighted by Gasteiger charge is 2.59. The summed E-state index contributed by atoms with van der Waals surface area (Å²) in [6, 6.07) is 3.84. The number of anilines is 1. The maximum absolute atomic E-state index is 12.9. The van der Waals surface area contributed by atoms with E-state index < -0.39 is 0 Å². The lowest BCUT2D eigenvalue weighted by Gasteiger charge is -2.24. The molecule has 6 nitrogen and oxygen atoms in total. The Morgan fingerprint density at radius 1 is 1.40 bits per heavy atom. The molecule has 2 aliphatic heterocycles. The first kappa shape index (κ1) is 16.6. The van der Waals surface area contributed by atoms with Gasteiger partial charge in [0.2, 0.25) is 5.91 Å². The summed E-state index contributed by atoms with van der Waals surface area (Å²) in [6.45, 7) is 3.10. The monoisotopic (exact) mass is 345 g/mol. The molecule has 25 heavy (non-hydrogen) atoms. The van der Waals surface area contributed by atoms with Crippen molar-refractivity contribution in [1.29, 1.82) is 0 Å². The van der Waals surface area contributed by atoms with Crippen LogP contribution in [0.3, 0.4) is 0 Å². The summed E-state index contributed by atoms with van der Waals surface area (Å²) < 4.78 is 11.6. The molecule has 0 unspecified atom stereocenters. The van der Waals surface area contributed by atoms with E-state index in [1.165, 1.54) is 0 Å². The van der Waals surface area contributed by atoms with Crippen LogP contribution in [0.5, 0.6) is 5.75 Å². The topological polar surface area (TPSA) is 54.9 Å². The van der Waals surface area contributed by atoms with Crippen molar-refractivity contribution >= 4 is 11.7 Å². The molecule has 1 aromatic rings. The SMILES string of the molecule is CN(C)c1ncccc1O[C@@H]1CCN(C(=O)[C@@H]2CC23CCOCC3)C1. The van der Waals surface area contributed by atoms with Crippen molar-refractivity contribution in [3.8, 4) is 5.75 Å². The number of amides is 1. The Balaban J connectivity index is 1.35. The van der Waals surface area contributed by atoms with Gasteiger partial charge in [-0.15, -0.1) is 0 Å². The third-order valence-electron chi connectivity index (χ3n) is 5.90. The average molecular weight is 345 g/mol. The molecule has 0 bridgehead atoms. The van der Waals surface area contributed by atoms with Gasteiger partial charge < -0.3 is 19.3 Å². The van der Waals surface area contributed by atoms with Gasteiger partial charge in [-0.05, 0) is 36.8 Å². The molecule has 4 rings (SSSR count). The van der Waals surface area contributed by atoms with E-state index in [0.29, 0.717) is 12.5 Å². The van der Waals surface area contributed by atoms with Crippen LogP contribution < -0.4 is 9.64 Å². The average Bonchev–Trinajstić information content (AvgIpc) is 3.09. The summed E-state index contributed by atoms with van der Waals surface area (Å²) in [6.07, 6.45) is 5.84. The lowest BCUT2D eigenvalue weighted by Crippen LogP contribution is -2.34. The maximum Gasteiger partial charge on any atom is 0.226 e. The molecule has 0 N–H and O–H groups in total. The largest absolute Gasteiger partial charge is 0.485 e. The van der Waals surface area contributed by atoms with E-state index in [1.54, 1.807) is 6.20 Å². The Morgan fingerprint density at radius 3 is 2.96 bits per heavy atom. The van der Waals surface area contributed by atoms with Crippen LogP contribution in [0, 0.1) is 11.3 Å². The second-order valence-corrected chi connectivity index (χ2v) is 7.76. The third kappa shape index (κ3) is 3.19. The van der Waals surface area contributed by atoms with Crippen molar-refractivity contribution in [3.63, 3.8) is 0 Å². The van der Waals surface area contributed by atoms with Crippen molar-refractivity contribution in [3.05, 3.63) is 18.3 Å². The Kier molecular flexibility index (Phi) is 4.31. The Labute approximate surface area is 149 Å². The van der Waals surface area contributed by atoms with Crippen LogP contribution in [0.1, 0.15) is 25.7 Å². The highest BCUT2D eigenvalue weighted by Crippen LogP contribution is 2.59. The molecule has 3 fully saturated rings. The Bertz CT molecular complexity index is 643. The molecular formula is C19H27N3O3. The van der Waals surface area contributed by atoms with Gasteiger partial charge in [-0.2, -0.15) is 0 Å². The first-order valence-electron chi connectivity index (χ1n) is 9.25. The number of hydrogen-bond acceptors (Lipinski definition) is 5. The van der Waals surface area contributed by atoms with Gasteiger partial charge in [0.1, 0.15) is 6.10 Å². The molecule has 1 aliphatic carbocycles. The number of nitrogens with zero attached hydrogens (tertiary/aromatic N) is 3. The van der Waals surface area contributed by atoms with E-state index in [-0.39, 0.29) is 17.4 Å². The van der Waals surface area contributed by atoms with Gasteiger partial charge in [0.15, 0.2) is 11.6 Å². The highest BCUT2D eigenvalue weighted by atomic mass is 16.5. The molecule has 1 saturated carbocycles. The molecule has 3 heterocycles. The quantitative estimate of drug-likeness (QED) is 0.835. The lowest BCUT2D eigenvalue weighted by atomic mass is 9.93. The number of ether oxygens (including phenoxy) is 2. The highest BCUT2D eigenvalue weighted by molar-refractivity contribution is 5.83. The molecule has 2 saturated heterocycles. The number of rotatable bonds is 4. The standard InChI is InChI=1S/C19H27N3O3/c1-21(2)17-16(4-3-8-20-17)25-14-5-9-22(13-14)18(23)15-12-19(15)6-10-24-11-7-19/h3-4,8,14-15H,5-7,9-13H2,1-2H3/t14-,15+/m1/s1. The summed E-state index contributed by atoms with van der Waals surface area (Å²) in [5.74, 6) is 2.16. The van der Waals surface area contributed by atoms with Gasteiger partial charge in [0.25, 0.3) is 0 Å². The zero-order valence-corrected chi connectivity index (χ0v) is 15.1. The summed E-state index contributed by atoms with van der Waals surface area (Å²) in [5.41, 5.74) is 0.246. The zero-order chi connectivity index (χ0) is 17.4. The van der Waals surface area contributed by atoms with Crippen LogP contribution in [-0.4, -0.2) is 62.3 Å². The minimum absolute atomic E-state index is 0.0521. The fourth-order valence-corrected chi connectivity index (χ4v) is 4.26. The summed E-state index contributed by atoms with van der Waals surface area (Å²) >= 11 is 0. The van der Waals surface area contributed by atoms with E-state index in [4.69, 9.17) is 9.47 Å². The van der Waals surface area contributed by atoms with Gasteiger partial charge in [-0.1, -0.05) is 0 Å². The first-order valence-corrected chi connectivity index (χ1v) is 9.25. The molecule has 0 radical (unpaired) electrons. The number of carbonyl (C=O) groups excluding carboxylic acids is 1. The Hall–Kier alpha value is -1.82. The number of hydrogen-bond donors (Lipinski definition) is 0. The first-order chi connectivity index (χ1) is 12.1. The summed E-state index contributed by atoms with van der Waals surface area (Å²) in [4.78, 5) is 21.2. The maximum atomic E-state index is 12.9. The van der Waals surface area contributed by atoms with Crippen molar-refractivity contribution in [2.75, 3.05) is 45.3 Å². The lowest BCUT2D eigenvalue weighted by molar-refractivity contribution is -0.133. The molecule has 2 atom stereocenters. The molecule has 3 aliphatic rings. The van der Waals surface area contributed by atoms with Crippen LogP contribution in [0.25, 0.3) is 0 Å². The van der Waals surface area contributed by atoms with Gasteiger partial charge in [-0.25, -0.2) is 4.98 Å². The fraction of sp³-hybridized carbons (Fsp3) is 0.684. The van der Waals surface area contributed by atoms with E-state index in [1.807, 2.05) is 36.0 Å². The number of pyridine rings is 1. The minimum Gasteiger partial charge on any atom is -0.485 e. The molecule has 6 heteroatoms. The molecular weight excluding hydrogens is 318 g/mol. The predicted molar refractivity (Wildman–Crippen MR) is 94.8 cm³/mol. The van der Waals surface area contributed by atoms with Crippen LogP contribution in [0.4, 0.5) is 5.82 Å². The Morgan fingerprint density at radius 2 is 2.20 bits per heavy atom. The van der Waals surface area contributed by atoms with Crippen LogP contribution in [0.2, 0.25) is 0 Å². The van der Waals surface area contributed by atoms with Crippen LogP contribution in [0.15, 0.2) is 18.3 Å². The second kappa shape index (κ2) is 6.48. The number of likely N-dealkylation sites (tertiary alicyclic amines) is 1.